The molecule has 0 N–H and O–H groups in total. The van der Waals surface area contributed by atoms with Crippen molar-refractivity contribution in [1.29, 1.82) is 0 Å². The first-order chi connectivity index (χ1) is 6.62. The van der Waals surface area contributed by atoms with E-state index >= 15 is 0 Å². The molecule has 0 spiro atoms. The summed E-state index contributed by atoms with van der Waals surface area (Å²) in [5.41, 5.74) is 0.133. The lowest BCUT2D eigenvalue weighted by Gasteiger charge is -2.34. The lowest BCUT2D eigenvalue weighted by Crippen LogP contribution is -2.43. The molecule has 1 atom stereocenters. The molecule has 0 aliphatic carbocycles. The zero-order chi connectivity index (χ0) is 10.2. The summed E-state index contributed by atoms with van der Waals surface area (Å²) in [5.74, 6) is 1.02. The molecule has 1 aromatic heterocycles. The van der Waals surface area contributed by atoms with Crippen LogP contribution in [0.25, 0.3) is 0 Å². The molecule has 0 saturated carbocycles. The number of hydrogen-bond acceptors (Lipinski definition) is 3. The van der Waals surface area contributed by atoms with Crippen LogP contribution in [0.1, 0.15) is 20.3 Å². The summed E-state index contributed by atoms with van der Waals surface area (Å²) in [6.45, 7) is 5.53. The molecule has 14 heavy (non-hydrogen) atoms. The first-order valence-corrected chi connectivity index (χ1v) is 5.71. The number of anilines is 1. The van der Waals surface area contributed by atoms with Gasteiger partial charge in [0.25, 0.3) is 0 Å². The van der Waals surface area contributed by atoms with Crippen LogP contribution in [0.4, 0.5) is 5.82 Å². The van der Waals surface area contributed by atoms with E-state index in [9.17, 15) is 0 Å². The maximum atomic E-state index is 4.28. The Morgan fingerprint density at radius 3 is 2.86 bits per heavy atom. The molecule has 2 heterocycles. The molecule has 1 fully saturated rings. The third kappa shape index (κ3) is 1.52. The van der Waals surface area contributed by atoms with Crippen LogP contribution >= 0.6 is 15.9 Å². The van der Waals surface area contributed by atoms with Crippen LogP contribution in [0.2, 0.25) is 0 Å². The molecular weight excluding hydrogens is 242 g/mol. The average Bonchev–Trinajstić information content (AvgIpc) is 2.44. The van der Waals surface area contributed by atoms with Gasteiger partial charge in [0.1, 0.15) is 12.1 Å². The zero-order valence-corrected chi connectivity index (χ0v) is 10.0. The first-order valence-electron chi connectivity index (χ1n) is 4.80. The maximum Gasteiger partial charge on any atom is 0.132 e. The molecule has 1 saturated heterocycles. The average molecular weight is 256 g/mol. The fourth-order valence-electron chi connectivity index (χ4n) is 1.91. The number of halogens is 1. The van der Waals surface area contributed by atoms with Crippen LogP contribution < -0.4 is 4.90 Å². The highest BCUT2D eigenvalue weighted by Gasteiger charge is 2.40. The Labute approximate surface area is 92.7 Å². The summed E-state index contributed by atoms with van der Waals surface area (Å²) < 4.78 is 0. The van der Waals surface area contributed by atoms with Crippen molar-refractivity contribution >= 4 is 21.7 Å². The molecule has 1 aromatic rings. The minimum atomic E-state index is 0.133. The molecule has 0 amide bonds. The van der Waals surface area contributed by atoms with Crippen molar-refractivity contribution in [3.8, 4) is 0 Å². The zero-order valence-electron chi connectivity index (χ0n) is 8.44. The number of hydrogen-bond donors (Lipinski definition) is 0. The van der Waals surface area contributed by atoms with Crippen LogP contribution in [0.15, 0.2) is 18.6 Å². The van der Waals surface area contributed by atoms with E-state index in [1.807, 2.05) is 6.07 Å². The van der Waals surface area contributed by atoms with E-state index in [1.165, 1.54) is 0 Å². The normalized spacial score (nSPS) is 25.4. The Balaban J connectivity index is 2.29. The third-order valence-electron chi connectivity index (χ3n) is 2.91. The van der Waals surface area contributed by atoms with Crippen LogP contribution in [0.5, 0.6) is 0 Å². The molecule has 0 radical (unpaired) electrons. The monoisotopic (exact) mass is 255 g/mol. The number of rotatable bonds is 1. The van der Waals surface area contributed by atoms with Crippen LogP contribution in [0, 0.1) is 0 Å². The topological polar surface area (TPSA) is 29.0 Å². The highest BCUT2D eigenvalue weighted by molar-refractivity contribution is 9.09. The molecule has 4 heteroatoms. The predicted octanol–water partition coefficient (Wildman–Crippen LogP) is 2.23. The van der Waals surface area contributed by atoms with Crippen LogP contribution in [0.3, 0.4) is 0 Å². The molecule has 2 rings (SSSR count). The van der Waals surface area contributed by atoms with E-state index in [-0.39, 0.29) is 5.54 Å². The van der Waals surface area contributed by atoms with Gasteiger partial charge in [0, 0.05) is 23.1 Å². The molecule has 1 aliphatic heterocycles. The fraction of sp³-hybridized carbons (Fsp3) is 0.600. The van der Waals surface area contributed by atoms with Gasteiger partial charge in [-0.05, 0) is 26.3 Å². The number of alkyl halides is 1. The lowest BCUT2D eigenvalue weighted by molar-refractivity contribution is 0.530. The van der Waals surface area contributed by atoms with Gasteiger partial charge in [-0.3, -0.25) is 0 Å². The summed E-state index contributed by atoms with van der Waals surface area (Å²) in [7, 11) is 0. The van der Waals surface area contributed by atoms with Gasteiger partial charge in [0.2, 0.25) is 0 Å². The second kappa shape index (κ2) is 3.50. The molecular formula is C10H14BrN3. The lowest BCUT2D eigenvalue weighted by atomic mass is 10.0. The van der Waals surface area contributed by atoms with E-state index in [0.29, 0.717) is 4.83 Å². The van der Waals surface area contributed by atoms with Crippen LogP contribution in [-0.4, -0.2) is 26.9 Å². The third-order valence-corrected chi connectivity index (χ3v) is 4.49. The highest BCUT2D eigenvalue weighted by atomic mass is 79.9. The van der Waals surface area contributed by atoms with Gasteiger partial charge in [-0.1, -0.05) is 15.9 Å². The van der Waals surface area contributed by atoms with Gasteiger partial charge in [-0.25, -0.2) is 9.97 Å². The first kappa shape index (κ1) is 9.90. The maximum absolute atomic E-state index is 4.28. The largest absolute Gasteiger partial charge is 0.350 e. The smallest absolute Gasteiger partial charge is 0.132 e. The number of nitrogens with zero attached hydrogens (tertiary/aromatic N) is 3. The Hall–Kier alpha value is -0.640. The Morgan fingerprint density at radius 1 is 1.57 bits per heavy atom. The van der Waals surface area contributed by atoms with Gasteiger partial charge in [-0.15, -0.1) is 0 Å². The van der Waals surface area contributed by atoms with E-state index in [1.54, 1.807) is 12.5 Å². The van der Waals surface area contributed by atoms with E-state index in [2.05, 4.69) is 44.6 Å². The van der Waals surface area contributed by atoms with Crippen molar-refractivity contribution in [2.75, 3.05) is 11.4 Å². The quantitative estimate of drug-likeness (QED) is 0.721. The summed E-state index contributed by atoms with van der Waals surface area (Å²) in [4.78, 5) is 11.1. The summed E-state index contributed by atoms with van der Waals surface area (Å²) in [6, 6.07) is 1.97. The highest BCUT2D eigenvalue weighted by Crippen LogP contribution is 2.36. The molecule has 3 nitrogen and oxygen atoms in total. The van der Waals surface area contributed by atoms with Crippen molar-refractivity contribution < 1.29 is 0 Å². The van der Waals surface area contributed by atoms with Crippen molar-refractivity contribution in [1.82, 2.24) is 9.97 Å². The summed E-state index contributed by atoms with van der Waals surface area (Å²) >= 11 is 3.71. The van der Waals surface area contributed by atoms with Gasteiger partial charge < -0.3 is 4.90 Å². The van der Waals surface area contributed by atoms with Gasteiger partial charge >= 0.3 is 0 Å². The summed E-state index contributed by atoms with van der Waals surface area (Å²) in [5, 5.41) is 0. The Bertz CT molecular complexity index is 312. The molecule has 0 aromatic carbocycles. The van der Waals surface area contributed by atoms with Crippen molar-refractivity contribution in [2.45, 2.75) is 30.6 Å². The Morgan fingerprint density at radius 2 is 2.36 bits per heavy atom. The second-order valence-electron chi connectivity index (χ2n) is 4.13. The van der Waals surface area contributed by atoms with Gasteiger partial charge in [0.05, 0.1) is 0 Å². The molecule has 1 unspecified atom stereocenters. The minimum Gasteiger partial charge on any atom is -0.350 e. The van der Waals surface area contributed by atoms with E-state index < -0.39 is 0 Å². The standard InChI is InChI=1S/C10H14BrN3/c1-10(2)8(11)4-6-14(10)9-3-5-12-7-13-9/h3,5,7-8H,4,6H2,1-2H3. The molecule has 76 valence electrons. The summed E-state index contributed by atoms with van der Waals surface area (Å²) in [6.07, 6.45) is 4.56. The minimum absolute atomic E-state index is 0.133. The molecule has 1 aliphatic rings. The van der Waals surface area contributed by atoms with Crippen molar-refractivity contribution in [3.05, 3.63) is 18.6 Å². The van der Waals surface area contributed by atoms with E-state index in [4.69, 9.17) is 0 Å². The fourth-order valence-corrected chi connectivity index (χ4v) is 2.36. The van der Waals surface area contributed by atoms with Crippen molar-refractivity contribution in [2.24, 2.45) is 0 Å². The molecule has 0 bridgehead atoms. The second-order valence-corrected chi connectivity index (χ2v) is 5.23. The van der Waals surface area contributed by atoms with Gasteiger partial charge in [0.15, 0.2) is 0 Å². The van der Waals surface area contributed by atoms with Crippen LogP contribution in [-0.2, 0) is 0 Å². The number of aromatic nitrogens is 2. The SMILES string of the molecule is CC1(C)C(Br)CCN1c1ccncn1. The Kier molecular flexibility index (Phi) is 2.47. The van der Waals surface area contributed by atoms with E-state index in [0.717, 1.165) is 18.8 Å². The predicted molar refractivity (Wildman–Crippen MR) is 60.8 cm³/mol. The van der Waals surface area contributed by atoms with Gasteiger partial charge in [-0.2, -0.15) is 0 Å². The van der Waals surface area contributed by atoms with Crippen molar-refractivity contribution in [3.63, 3.8) is 0 Å².